The van der Waals surface area contributed by atoms with E-state index in [9.17, 15) is 5.26 Å². The predicted molar refractivity (Wildman–Crippen MR) is 118 cm³/mol. The zero-order chi connectivity index (χ0) is 21.1. The lowest BCUT2D eigenvalue weighted by Crippen LogP contribution is -2.04. The van der Waals surface area contributed by atoms with Crippen molar-refractivity contribution < 1.29 is 4.74 Å². The molecule has 0 saturated heterocycles. The van der Waals surface area contributed by atoms with Crippen LogP contribution < -0.4 is 4.74 Å². The number of aryl methyl sites for hydroxylation is 2. The third kappa shape index (κ3) is 4.00. The van der Waals surface area contributed by atoms with E-state index in [1.54, 1.807) is 16.6 Å². The molecule has 0 saturated carbocycles. The van der Waals surface area contributed by atoms with Gasteiger partial charge in [-0.15, -0.1) is 26.8 Å². The van der Waals surface area contributed by atoms with Crippen molar-refractivity contribution in [2.45, 2.75) is 31.6 Å². The fourth-order valence-electron chi connectivity index (χ4n) is 3.25. The van der Waals surface area contributed by atoms with Crippen LogP contribution in [0.1, 0.15) is 29.3 Å². The minimum atomic E-state index is 0.555. The fraction of sp³-hybridized carbons (Fsp3) is 0.217. The number of fused-ring (bicyclic) bond motifs is 1. The van der Waals surface area contributed by atoms with Gasteiger partial charge in [0.15, 0.2) is 0 Å². The Balaban J connectivity index is 1.67. The Hall–Kier alpha value is -3.37. The smallest absolute Gasteiger partial charge is 0.146 e. The number of ether oxygens (including phenoxy) is 1. The van der Waals surface area contributed by atoms with E-state index in [0.717, 1.165) is 44.3 Å². The number of hydrogen-bond donors (Lipinski definition) is 0. The van der Waals surface area contributed by atoms with Crippen LogP contribution >= 0.6 is 11.8 Å². The van der Waals surface area contributed by atoms with E-state index < -0.39 is 0 Å². The van der Waals surface area contributed by atoms with Gasteiger partial charge in [-0.3, -0.25) is 0 Å². The Morgan fingerprint density at radius 2 is 1.80 bits per heavy atom. The normalized spacial score (nSPS) is 10.9. The summed E-state index contributed by atoms with van der Waals surface area (Å²) >= 11 is 1.56. The topological polar surface area (TPSA) is 76.6 Å². The van der Waals surface area contributed by atoms with Crippen molar-refractivity contribution in [3.05, 3.63) is 70.9 Å². The molecule has 7 heteroatoms. The van der Waals surface area contributed by atoms with Crippen molar-refractivity contribution in [1.29, 1.82) is 5.26 Å². The number of pyridine rings is 1. The van der Waals surface area contributed by atoms with Gasteiger partial charge in [0.1, 0.15) is 33.6 Å². The fourth-order valence-corrected chi connectivity index (χ4v) is 4.29. The third-order valence-corrected chi connectivity index (χ3v) is 5.67. The molecule has 4 aromatic rings. The van der Waals surface area contributed by atoms with E-state index in [1.165, 1.54) is 0 Å². The third-order valence-electron chi connectivity index (χ3n) is 4.62. The first-order valence-electron chi connectivity index (χ1n) is 9.68. The number of hydrogen-bond acceptors (Lipinski definition) is 6. The molecule has 6 nitrogen and oxygen atoms in total. The van der Waals surface area contributed by atoms with E-state index in [-0.39, 0.29) is 0 Å². The highest BCUT2D eigenvalue weighted by molar-refractivity contribution is 7.98. The van der Waals surface area contributed by atoms with Crippen LogP contribution in [-0.4, -0.2) is 26.6 Å². The van der Waals surface area contributed by atoms with Gasteiger partial charge in [-0.1, -0.05) is 18.2 Å². The standard InChI is InChI=1S/C23H21N5OS/c1-4-29-22-10-9-17(14-30-23-18(13-24)15(2)11-16(3)25-23)12-21(22)28-26-19-7-5-6-8-20(19)27-28/h5-12H,4,14H2,1-3H3. The molecule has 0 N–H and O–H groups in total. The SMILES string of the molecule is CCOc1ccc(CSc2nc(C)cc(C)c2C#N)cc1-n1nc2ccccc2n1. The van der Waals surface area contributed by atoms with Crippen molar-refractivity contribution in [2.24, 2.45) is 0 Å². The summed E-state index contributed by atoms with van der Waals surface area (Å²) in [4.78, 5) is 6.19. The Morgan fingerprint density at radius 3 is 2.47 bits per heavy atom. The predicted octanol–water partition coefficient (Wildman–Crippen LogP) is 5.00. The van der Waals surface area contributed by atoms with E-state index in [1.807, 2.05) is 69.3 Å². The summed E-state index contributed by atoms with van der Waals surface area (Å²) in [5, 5.41) is 19.5. The molecule has 0 amide bonds. The average Bonchev–Trinajstić information content (AvgIpc) is 3.17. The van der Waals surface area contributed by atoms with Crippen LogP contribution in [-0.2, 0) is 5.75 Å². The molecule has 30 heavy (non-hydrogen) atoms. The first-order chi connectivity index (χ1) is 14.6. The van der Waals surface area contributed by atoms with Crippen molar-refractivity contribution in [2.75, 3.05) is 6.61 Å². The molecule has 0 spiro atoms. The van der Waals surface area contributed by atoms with Crippen molar-refractivity contribution in [1.82, 2.24) is 20.0 Å². The molecule has 0 unspecified atom stereocenters. The zero-order valence-electron chi connectivity index (χ0n) is 17.1. The molecule has 0 atom stereocenters. The van der Waals surface area contributed by atoms with Crippen LogP contribution in [0, 0.1) is 25.2 Å². The Bertz CT molecular complexity index is 1230. The lowest BCUT2D eigenvalue weighted by molar-refractivity contribution is 0.337. The van der Waals surface area contributed by atoms with Gasteiger partial charge < -0.3 is 4.74 Å². The maximum atomic E-state index is 9.50. The average molecular weight is 416 g/mol. The van der Waals surface area contributed by atoms with Gasteiger partial charge in [0.05, 0.1) is 12.2 Å². The lowest BCUT2D eigenvalue weighted by atomic mass is 10.1. The van der Waals surface area contributed by atoms with E-state index in [2.05, 4.69) is 21.3 Å². The Morgan fingerprint density at radius 1 is 1.07 bits per heavy atom. The summed E-state index contributed by atoms with van der Waals surface area (Å²) < 4.78 is 5.81. The van der Waals surface area contributed by atoms with Crippen LogP contribution in [0.15, 0.2) is 53.6 Å². The molecular formula is C23H21N5OS. The molecule has 0 radical (unpaired) electrons. The molecule has 2 aromatic heterocycles. The number of nitrogens with zero attached hydrogens (tertiary/aromatic N) is 5. The minimum absolute atomic E-state index is 0.555. The first kappa shape index (κ1) is 19.9. The molecule has 0 bridgehead atoms. The minimum Gasteiger partial charge on any atom is -0.492 e. The second kappa shape index (κ2) is 8.56. The van der Waals surface area contributed by atoms with Gasteiger partial charge in [0.2, 0.25) is 0 Å². The number of rotatable bonds is 6. The second-order valence-corrected chi connectivity index (χ2v) is 7.84. The molecule has 4 rings (SSSR count). The van der Waals surface area contributed by atoms with Gasteiger partial charge in [-0.25, -0.2) is 4.98 Å². The molecule has 0 fully saturated rings. The summed E-state index contributed by atoms with van der Waals surface area (Å²) in [6.07, 6.45) is 0. The molecule has 0 aliphatic carbocycles. The van der Waals surface area contributed by atoms with Gasteiger partial charge in [0, 0.05) is 11.4 Å². The van der Waals surface area contributed by atoms with Crippen LogP contribution in [0.4, 0.5) is 0 Å². The van der Waals surface area contributed by atoms with Crippen LogP contribution in [0.2, 0.25) is 0 Å². The van der Waals surface area contributed by atoms with Gasteiger partial charge in [0.25, 0.3) is 0 Å². The second-order valence-electron chi connectivity index (χ2n) is 6.87. The summed E-state index contributed by atoms with van der Waals surface area (Å²) in [5.74, 6) is 1.40. The maximum absolute atomic E-state index is 9.50. The van der Waals surface area contributed by atoms with Gasteiger partial charge >= 0.3 is 0 Å². The molecule has 0 aliphatic heterocycles. The van der Waals surface area contributed by atoms with Crippen LogP contribution in [0.3, 0.4) is 0 Å². The van der Waals surface area contributed by atoms with Crippen molar-refractivity contribution >= 4 is 22.8 Å². The van der Waals surface area contributed by atoms with Crippen molar-refractivity contribution in [3.63, 3.8) is 0 Å². The zero-order valence-corrected chi connectivity index (χ0v) is 17.9. The summed E-state index contributed by atoms with van der Waals surface area (Å²) in [5.41, 5.74) is 6.03. The van der Waals surface area contributed by atoms with Crippen LogP contribution in [0.25, 0.3) is 16.7 Å². The molecular weight excluding hydrogens is 394 g/mol. The van der Waals surface area contributed by atoms with E-state index >= 15 is 0 Å². The van der Waals surface area contributed by atoms with Gasteiger partial charge in [-0.2, -0.15) is 5.26 Å². The molecule has 2 heterocycles. The van der Waals surface area contributed by atoms with Crippen LogP contribution in [0.5, 0.6) is 5.75 Å². The molecule has 150 valence electrons. The molecule has 0 aliphatic rings. The number of nitriles is 1. The highest BCUT2D eigenvalue weighted by Gasteiger charge is 2.13. The summed E-state index contributed by atoms with van der Waals surface area (Å²) in [6.45, 7) is 6.40. The van der Waals surface area contributed by atoms with Gasteiger partial charge in [-0.05, 0) is 62.2 Å². The summed E-state index contributed by atoms with van der Waals surface area (Å²) in [7, 11) is 0. The highest BCUT2D eigenvalue weighted by atomic mass is 32.2. The maximum Gasteiger partial charge on any atom is 0.146 e. The highest BCUT2D eigenvalue weighted by Crippen LogP contribution is 2.30. The Labute approximate surface area is 179 Å². The first-order valence-corrected chi connectivity index (χ1v) is 10.7. The number of aromatic nitrogens is 4. The van der Waals surface area contributed by atoms with E-state index in [0.29, 0.717) is 17.9 Å². The monoisotopic (exact) mass is 415 g/mol. The van der Waals surface area contributed by atoms with E-state index in [4.69, 9.17) is 4.74 Å². The lowest BCUT2D eigenvalue weighted by Gasteiger charge is -2.12. The summed E-state index contributed by atoms with van der Waals surface area (Å²) in [6, 6.07) is 18.0. The largest absolute Gasteiger partial charge is 0.492 e. The Kier molecular flexibility index (Phi) is 5.68. The quantitative estimate of drug-likeness (QED) is 0.413. The number of benzene rings is 2. The van der Waals surface area contributed by atoms with Crippen molar-refractivity contribution in [3.8, 4) is 17.5 Å². The number of thioether (sulfide) groups is 1. The molecule has 2 aromatic carbocycles.